The Kier molecular flexibility index (Phi) is 2.72. The van der Waals surface area contributed by atoms with Gasteiger partial charge in [0.15, 0.2) is 0 Å². The van der Waals surface area contributed by atoms with Crippen molar-refractivity contribution >= 4 is 5.91 Å². The van der Waals surface area contributed by atoms with Gasteiger partial charge >= 0.3 is 0 Å². The van der Waals surface area contributed by atoms with Crippen molar-refractivity contribution in [1.82, 2.24) is 5.48 Å². The summed E-state index contributed by atoms with van der Waals surface area (Å²) >= 11 is 0. The zero-order valence-corrected chi connectivity index (χ0v) is 9.91. The molecule has 0 fully saturated rings. The Bertz CT molecular complexity index is 407. The van der Waals surface area contributed by atoms with E-state index in [1.54, 1.807) is 0 Å². The summed E-state index contributed by atoms with van der Waals surface area (Å²) in [5.41, 5.74) is 4.56. The topological polar surface area (TPSA) is 38.3 Å². The van der Waals surface area contributed by atoms with E-state index >= 15 is 0 Å². The highest BCUT2D eigenvalue weighted by molar-refractivity contribution is 5.86. The fraction of sp³-hybridized carbons (Fsp3) is 0.462. The van der Waals surface area contributed by atoms with Crippen LogP contribution in [0.5, 0.6) is 0 Å². The van der Waals surface area contributed by atoms with Gasteiger partial charge in [-0.1, -0.05) is 24.3 Å². The molecule has 1 N–H and O–H groups in total. The second kappa shape index (κ2) is 3.91. The van der Waals surface area contributed by atoms with E-state index in [4.69, 9.17) is 4.84 Å². The van der Waals surface area contributed by atoms with E-state index in [1.807, 2.05) is 39.0 Å². The minimum atomic E-state index is -0.348. The second-order valence-corrected chi connectivity index (χ2v) is 5.14. The van der Waals surface area contributed by atoms with Gasteiger partial charge in [-0.05, 0) is 38.3 Å². The van der Waals surface area contributed by atoms with Crippen molar-refractivity contribution in [3.05, 3.63) is 35.4 Å². The van der Waals surface area contributed by atoms with E-state index in [9.17, 15) is 4.79 Å². The molecular formula is C13H17NO2. The van der Waals surface area contributed by atoms with Gasteiger partial charge in [0.1, 0.15) is 0 Å². The van der Waals surface area contributed by atoms with Crippen molar-refractivity contribution < 1.29 is 9.63 Å². The van der Waals surface area contributed by atoms with Crippen LogP contribution in [0.4, 0.5) is 0 Å². The maximum atomic E-state index is 11.8. The third-order valence-electron chi connectivity index (χ3n) is 2.63. The molecule has 1 aromatic rings. The molecular weight excluding hydrogens is 202 g/mol. The first-order valence-corrected chi connectivity index (χ1v) is 5.53. The quantitative estimate of drug-likeness (QED) is 0.774. The average Bonchev–Trinajstić information content (AvgIpc) is 2.16. The fourth-order valence-corrected chi connectivity index (χ4v) is 1.77. The third kappa shape index (κ3) is 2.25. The number of benzene rings is 1. The summed E-state index contributed by atoms with van der Waals surface area (Å²) in [6.07, 6.45) is 0.815. The molecule has 0 bridgehead atoms. The zero-order chi connectivity index (χ0) is 11.8. The minimum absolute atomic E-state index is 0.0430. The van der Waals surface area contributed by atoms with E-state index in [-0.39, 0.29) is 17.4 Å². The van der Waals surface area contributed by atoms with Crippen molar-refractivity contribution in [3.63, 3.8) is 0 Å². The predicted octanol–water partition coefficient (Wildman–Crippen LogP) is 2.17. The van der Waals surface area contributed by atoms with Gasteiger partial charge in [0.2, 0.25) is 0 Å². The van der Waals surface area contributed by atoms with Crippen LogP contribution in [0.2, 0.25) is 0 Å². The van der Waals surface area contributed by atoms with Crippen LogP contribution in [-0.2, 0) is 16.1 Å². The molecule has 0 saturated carbocycles. The SMILES string of the molecule is CC(C)(C)ONC(=O)C1Cc2ccccc21. The van der Waals surface area contributed by atoms with Crippen LogP contribution in [0, 0.1) is 0 Å². The van der Waals surface area contributed by atoms with Gasteiger partial charge in [-0.15, -0.1) is 0 Å². The molecule has 0 heterocycles. The molecule has 1 aliphatic rings. The molecule has 2 rings (SSSR count). The second-order valence-electron chi connectivity index (χ2n) is 5.14. The van der Waals surface area contributed by atoms with Gasteiger partial charge in [-0.25, -0.2) is 5.48 Å². The van der Waals surface area contributed by atoms with E-state index in [2.05, 4.69) is 11.5 Å². The van der Waals surface area contributed by atoms with Gasteiger partial charge in [0.25, 0.3) is 5.91 Å². The van der Waals surface area contributed by atoms with Crippen LogP contribution in [-0.4, -0.2) is 11.5 Å². The van der Waals surface area contributed by atoms with Gasteiger partial charge in [0.05, 0.1) is 11.5 Å². The molecule has 0 aromatic heterocycles. The molecule has 16 heavy (non-hydrogen) atoms. The summed E-state index contributed by atoms with van der Waals surface area (Å²) < 4.78 is 0. The van der Waals surface area contributed by atoms with Crippen LogP contribution < -0.4 is 5.48 Å². The zero-order valence-electron chi connectivity index (χ0n) is 9.91. The third-order valence-corrected chi connectivity index (χ3v) is 2.63. The lowest BCUT2D eigenvalue weighted by Gasteiger charge is -2.30. The van der Waals surface area contributed by atoms with E-state index in [0.717, 1.165) is 12.0 Å². The standard InChI is InChI=1S/C13H17NO2/c1-13(2,3)16-14-12(15)11-8-9-6-4-5-7-10(9)11/h4-7,11H,8H2,1-3H3,(H,14,15). The Balaban J connectivity index is 1.95. The lowest BCUT2D eigenvalue weighted by molar-refractivity contribution is -0.147. The van der Waals surface area contributed by atoms with Crippen molar-refractivity contribution in [3.8, 4) is 0 Å². The predicted molar refractivity (Wildman–Crippen MR) is 61.9 cm³/mol. The Hall–Kier alpha value is -1.35. The highest BCUT2D eigenvalue weighted by atomic mass is 16.7. The first-order chi connectivity index (χ1) is 7.47. The number of hydrogen-bond donors (Lipinski definition) is 1. The maximum Gasteiger partial charge on any atom is 0.251 e. The smallest absolute Gasteiger partial charge is 0.251 e. The van der Waals surface area contributed by atoms with Gasteiger partial charge in [0, 0.05) is 0 Å². The van der Waals surface area contributed by atoms with Crippen molar-refractivity contribution in [2.24, 2.45) is 0 Å². The van der Waals surface area contributed by atoms with Crippen LogP contribution >= 0.6 is 0 Å². The van der Waals surface area contributed by atoms with E-state index in [1.165, 1.54) is 5.56 Å². The lowest BCUT2D eigenvalue weighted by Crippen LogP contribution is -2.39. The maximum absolute atomic E-state index is 11.8. The molecule has 0 spiro atoms. The van der Waals surface area contributed by atoms with Gasteiger partial charge in [-0.2, -0.15) is 0 Å². The number of amides is 1. The van der Waals surface area contributed by atoms with Crippen LogP contribution in [0.1, 0.15) is 37.8 Å². The fourth-order valence-electron chi connectivity index (χ4n) is 1.77. The summed E-state index contributed by atoms with van der Waals surface area (Å²) in [6.45, 7) is 5.71. The Morgan fingerprint density at radius 1 is 1.38 bits per heavy atom. The first kappa shape index (κ1) is 11.1. The van der Waals surface area contributed by atoms with Gasteiger partial charge < -0.3 is 0 Å². The van der Waals surface area contributed by atoms with Crippen molar-refractivity contribution in [2.45, 2.75) is 38.7 Å². The molecule has 1 amide bonds. The number of fused-ring (bicyclic) bond motifs is 1. The number of hydroxylamine groups is 1. The lowest BCUT2D eigenvalue weighted by atomic mass is 9.77. The Labute approximate surface area is 95.8 Å². The number of hydrogen-bond acceptors (Lipinski definition) is 2. The number of nitrogens with one attached hydrogen (secondary N) is 1. The monoisotopic (exact) mass is 219 g/mol. The number of rotatable bonds is 2. The van der Waals surface area contributed by atoms with Crippen LogP contribution in [0.25, 0.3) is 0 Å². The van der Waals surface area contributed by atoms with Crippen LogP contribution in [0.15, 0.2) is 24.3 Å². The largest absolute Gasteiger partial charge is 0.272 e. The first-order valence-electron chi connectivity index (χ1n) is 5.53. The molecule has 1 aliphatic carbocycles. The molecule has 1 atom stereocenters. The molecule has 0 saturated heterocycles. The van der Waals surface area contributed by atoms with Crippen LogP contribution in [0.3, 0.4) is 0 Å². The summed E-state index contributed by atoms with van der Waals surface area (Å²) in [7, 11) is 0. The number of carbonyl (C=O) groups excluding carboxylic acids is 1. The molecule has 3 heteroatoms. The normalized spacial score (nSPS) is 18.6. The molecule has 3 nitrogen and oxygen atoms in total. The molecule has 86 valence electrons. The summed E-state index contributed by atoms with van der Waals surface area (Å²) in [4.78, 5) is 17.1. The van der Waals surface area contributed by atoms with Crippen molar-refractivity contribution in [1.29, 1.82) is 0 Å². The Morgan fingerprint density at radius 2 is 2.06 bits per heavy atom. The van der Waals surface area contributed by atoms with E-state index < -0.39 is 0 Å². The molecule has 0 radical (unpaired) electrons. The average molecular weight is 219 g/mol. The molecule has 1 unspecified atom stereocenters. The molecule has 0 aliphatic heterocycles. The van der Waals surface area contributed by atoms with Gasteiger partial charge in [-0.3, -0.25) is 9.63 Å². The van der Waals surface area contributed by atoms with E-state index in [0.29, 0.717) is 0 Å². The highest BCUT2D eigenvalue weighted by Gasteiger charge is 2.32. The molecule has 1 aromatic carbocycles. The minimum Gasteiger partial charge on any atom is -0.272 e. The Morgan fingerprint density at radius 3 is 2.69 bits per heavy atom. The summed E-state index contributed by atoms with van der Waals surface area (Å²) in [5.74, 6) is -0.0906. The highest BCUT2D eigenvalue weighted by Crippen LogP contribution is 2.34. The summed E-state index contributed by atoms with van der Waals surface area (Å²) in [6, 6.07) is 8.02. The van der Waals surface area contributed by atoms with Crippen molar-refractivity contribution in [2.75, 3.05) is 0 Å². The number of carbonyl (C=O) groups is 1. The summed E-state index contributed by atoms with van der Waals surface area (Å²) in [5, 5.41) is 0.